The minimum absolute atomic E-state index is 0.0507. The summed E-state index contributed by atoms with van der Waals surface area (Å²) >= 11 is 0. The van der Waals surface area contributed by atoms with Gasteiger partial charge in [0.25, 0.3) is 10.2 Å². The Hall–Kier alpha value is -0.660. The van der Waals surface area contributed by atoms with E-state index in [4.69, 9.17) is 0 Å². The summed E-state index contributed by atoms with van der Waals surface area (Å²) in [4.78, 5) is 12.0. The summed E-state index contributed by atoms with van der Waals surface area (Å²) in [5.74, 6) is 0.0215. The van der Waals surface area contributed by atoms with Crippen LogP contribution in [-0.2, 0) is 15.0 Å². The second-order valence-corrected chi connectivity index (χ2v) is 7.60. The van der Waals surface area contributed by atoms with Gasteiger partial charge in [0.15, 0.2) is 0 Å². The number of unbranched alkanes of at least 4 members (excludes halogenated alkanes) is 2. The van der Waals surface area contributed by atoms with Gasteiger partial charge in [-0.3, -0.25) is 4.79 Å². The van der Waals surface area contributed by atoms with Gasteiger partial charge < -0.3 is 5.32 Å². The lowest BCUT2D eigenvalue weighted by Crippen LogP contribution is -2.46. The lowest BCUT2D eigenvalue weighted by molar-refractivity contribution is -0.126. The molecule has 0 atom stereocenters. The quantitative estimate of drug-likeness (QED) is 0.708. The Morgan fingerprint density at radius 2 is 1.85 bits per heavy atom. The Bertz CT molecular complexity index is 401. The summed E-state index contributed by atoms with van der Waals surface area (Å²) in [6.07, 6.45) is 4.48. The number of piperidine rings is 1. The molecule has 20 heavy (non-hydrogen) atoms. The van der Waals surface area contributed by atoms with E-state index in [0.717, 1.165) is 25.8 Å². The first-order chi connectivity index (χ1) is 9.39. The van der Waals surface area contributed by atoms with Crippen molar-refractivity contribution in [2.75, 3.05) is 33.7 Å². The third-order valence-corrected chi connectivity index (χ3v) is 5.63. The second-order valence-electron chi connectivity index (χ2n) is 5.46. The summed E-state index contributed by atoms with van der Waals surface area (Å²) in [5.41, 5.74) is 0. The van der Waals surface area contributed by atoms with Crippen molar-refractivity contribution < 1.29 is 13.2 Å². The SMILES string of the molecule is CCCCCNC(=O)C1CCN(S(=O)(=O)N(C)C)CC1. The lowest BCUT2D eigenvalue weighted by Gasteiger charge is -2.32. The van der Waals surface area contributed by atoms with E-state index in [9.17, 15) is 13.2 Å². The van der Waals surface area contributed by atoms with Crippen LogP contribution in [0.5, 0.6) is 0 Å². The standard InChI is InChI=1S/C13H27N3O3S/c1-4-5-6-9-14-13(17)12-7-10-16(11-8-12)20(18,19)15(2)3/h12H,4-11H2,1-3H3,(H,14,17). The zero-order chi connectivity index (χ0) is 15.2. The van der Waals surface area contributed by atoms with Crippen LogP contribution in [0.2, 0.25) is 0 Å². The molecule has 0 aromatic rings. The molecule has 0 aromatic heterocycles. The molecule has 1 aliphatic rings. The van der Waals surface area contributed by atoms with E-state index in [1.165, 1.54) is 22.7 Å². The Morgan fingerprint density at radius 3 is 2.35 bits per heavy atom. The van der Waals surface area contributed by atoms with Crippen LogP contribution in [0.15, 0.2) is 0 Å². The van der Waals surface area contributed by atoms with Gasteiger partial charge in [-0.15, -0.1) is 0 Å². The molecule has 0 aliphatic carbocycles. The molecule has 1 rings (SSSR count). The predicted molar refractivity (Wildman–Crippen MR) is 79.4 cm³/mol. The first kappa shape index (κ1) is 17.4. The van der Waals surface area contributed by atoms with Crippen molar-refractivity contribution in [3.8, 4) is 0 Å². The Morgan fingerprint density at radius 1 is 1.25 bits per heavy atom. The van der Waals surface area contributed by atoms with Crippen LogP contribution in [0, 0.1) is 5.92 Å². The van der Waals surface area contributed by atoms with Crippen molar-refractivity contribution in [1.82, 2.24) is 13.9 Å². The van der Waals surface area contributed by atoms with Crippen LogP contribution in [-0.4, -0.2) is 56.7 Å². The van der Waals surface area contributed by atoms with E-state index in [2.05, 4.69) is 12.2 Å². The number of nitrogens with one attached hydrogen (secondary N) is 1. The van der Waals surface area contributed by atoms with Crippen LogP contribution in [0.1, 0.15) is 39.0 Å². The molecular formula is C13H27N3O3S. The molecule has 1 amide bonds. The second kappa shape index (κ2) is 7.95. The Labute approximate surface area is 122 Å². The maximum Gasteiger partial charge on any atom is 0.281 e. The predicted octanol–water partition coefficient (Wildman–Crippen LogP) is 0.811. The van der Waals surface area contributed by atoms with E-state index in [1.807, 2.05) is 0 Å². The van der Waals surface area contributed by atoms with Gasteiger partial charge in [0, 0.05) is 39.6 Å². The number of nitrogens with zero attached hydrogens (tertiary/aromatic N) is 2. The van der Waals surface area contributed by atoms with Crippen molar-refractivity contribution in [3.63, 3.8) is 0 Å². The fraction of sp³-hybridized carbons (Fsp3) is 0.923. The molecule has 1 saturated heterocycles. The minimum atomic E-state index is -3.34. The summed E-state index contributed by atoms with van der Waals surface area (Å²) in [7, 11) is -0.279. The topological polar surface area (TPSA) is 69.7 Å². The number of rotatable bonds is 7. The lowest BCUT2D eigenvalue weighted by atomic mass is 9.97. The highest BCUT2D eigenvalue weighted by Gasteiger charge is 2.31. The Balaban J connectivity index is 2.37. The normalized spacial score (nSPS) is 18.4. The molecule has 1 fully saturated rings. The Kier molecular flexibility index (Phi) is 6.91. The fourth-order valence-corrected chi connectivity index (χ4v) is 3.44. The average Bonchev–Trinajstić information content (AvgIpc) is 2.43. The molecule has 1 N–H and O–H groups in total. The van der Waals surface area contributed by atoms with Gasteiger partial charge in [-0.1, -0.05) is 19.8 Å². The number of carbonyl (C=O) groups is 1. The van der Waals surface area contributed by atoms with Crippen LogP contribution in [0.25, 0.3) is 0 Å². The smallest absolute Gasteiger partial charge is 0.281 e. The van der Waals surface area contributed by atoms with E-state index in [1.54, 1.807) is 0 Å². The van der Waals surface area contributed by atoms with Gasteiger partial charge in [-0.05, 0) is 19.3 Å². The molecule has 6 nitrogen and oxygen atoms in total. The van der Waals surface area contributed by atoms with Gasteiger partial charge in [0.2, 0.25) is 5.91 Å². The maximum atomic E-state index is 12.0. The molecule has 0 spiro atoms. The highest BCUT2D eigenvalue weighted by Crippen LogP contribution is 2.20. The maximum absolute atomic E-state index is 12.0. The van der Waals surface area contributed by atoms with Crippen molar-refractivity contribution >= 4 is 16.1 Å². The summed E-state index contributed by atoms with van der Waals surface area (Å²) < 4.78 is 26.6. The molecule has 0 unspecified atom stereocenters. The zero-order valence-electron chi connectivity index (χ0n) is 12.8. The van der Waals surface area contributed by atoms with Crippen LogP contribution in [0.4, 0.5) is 0 Å². The van der Waals surface area contributed by atoms with Crippen LogP contribution in [0.3, 0.4) is 0 Å². The van der Waals surface area contributed by atoms with E-state index < -0.39 is 10.2 Å². The molecule has 0 radical (unpaired) electrons. The van der Waals surface area contributed by atoms with Crippen molar-refractivity contribution in [1.29, 1.82) is 0 Å². The third-order valence-electron chi connectivity index (χ3n) is 3.69. The van der Waals surface area contributed by atoms with Gasteiger partial charge in [-0.2, -0.15) is 17.0 Å². The molecular weight excluding hydrogens is 278 g/mol. The molecule has 0 aromatic carbocycles. The van der Waals surface area contributed by atoms with Crippen molar-refractivity contribution in [2.24, 2.45) is 5.92 Å². The minimum Gasteiger partial charge on any atom is -0.356 e. The number of hydrogen-bond donors (Lipinski definition) is 1. The van der Waals surface area contributed by atoms with E-state index >= 15 is 0 Å². The molecule has 118 valence electrons. The van der Waals surface area contributed by atoms with Crippen molar-refractivity contribution in [3.05, 3.63) is 0 Å². The summed E-state index contributed by atoms with van der Waals surface area (Å²) in [6.45, 7) is 3.70. The van der Waals surface area contributed by atoms with Crippen LogP contribution < -0.4 is 5.32 Å². The number of carbonyl (C=O) groups excluding carboxylic acids is 1. The molecule has 0 bridgehead atoms. The van der Waals surface area contributed by atoms with E-state index in [-0.39, 0.29) is 11.8 Å². The average molecular weight is 305 g/mol. The molecule has 1 heterocycles. The van der Waals surface area contributed by atoms with Gasteiger partial charge in [0.1, 0.15) is 0 Å². The van der Waals surface area contributed by atoms with E-state index in [0.29, 0.717) is 25.9 Å². The zero-order valence-corrected chi connectivity index (χ0v) is 13.6. The fourth-order valence-electron chi connectivity index (χ4n) is 2.31. The van der Waals surface area contributed by atoms with Gasteiger partial charge >= 0.3 is 0 Å². The third kappa shape index (κ3) is 4.71. The number of hydrogen-bond acceptors (Lipinski definition) is 3. The monoisotopic (exact) mass is 305 g/mol. The summed E-state index contributed by atoms with van der Waals surface area (Å²) in [5, 5.41) is 2.95. The molecule has 7 heteroatoms. The highest BCUT2D eigenvalue weighted by molar-refractivity contribution is 7.86. The molecule has 0 saturated carbocycles. The first-order valence-electron chi connectivity index (χ1n) is 7.35. The first-order valence-corrected chi connectivity index (χ1v) is 8.74. The highest BCUT2D eigenvalue weighted by atomic mass is 32.2. The van der Waals surface area contributed by atoms with Crippen LogP contribution >= 0.6 is 0 Å². The molecule has 1 aliphatic heterocycles. The number of amides is 1. The van der Waals surface area contributed by atoms with Gasteiger partial charge in [-0.25, -0.2) is 0 Å². The van der Waals surface area contributed by atoms with Gasteiger partial charge in [0.05, 0.1) is 0 Å². The van der Waals surface area contributed by atoms with Crippen molar-refractivity contribution in [2.45, 2.75) is 39.0 Å². The largest absolute Gasteiger partial charge is 0.356 e. The summed E-state index contributed by atoms with van der Waals surface area (Å²) in [6, 6.07) is 0.